The minimum absolute atomic E-state index is 0.0417. The lowest BCUT2D eigenvalue weighted by Gasteiger charge is -1.94. The first-order chi connectivity index (χ1) is 7.99. The monoisotopic (exact) mass is 240 g/mol. The molecule has 94 valence electrons. The predicted octanol–water partition coefficient (Wildman–Crippen LogP) is -2.13. The predicted molar refractivity (Wildman–Crippen MR) is 65.3 cm³/mol. The highest BCUT2D eigenvalue weighted by atomic mass is 16.1. The molecule has 0 saturated heterocycles. The number of anilines is 3. The number of nitrogens with zero attached hydrogens (tertiary/aromatic N) is 3. The van der Waals surface area contributed by atoms with Crippen molar-refractivity contribution >= 4 is 23.8 Å². The second kappa shape index (κ2) is 7.82. The molecule has 0 unspecified atom stereocenters. The molecule has 0 atom stereocenters. The van der Waals surface area contributed by atoms with E-state index in [1.165, 1.54) is 6.08 Å². The molecule has 1 heterocycles. The highest BCUT2D eigenvalue weighted by Crippen LogP contribution is 1.97. The summed E-state index contributed by atoms with van der Waals surface area (Å²) in [4.78, 5) is 20.7. The van der Waals surface area contributed by atoms with Gasteiger partial charge < -0.3 is 28.3 Å². The number of carbonyl (C=O) groups excluding carboxylic acids is 1. The molecular formula is C8H16N8O. The number of rotatable bonds is 3. The smallest absolute Gasteiger partial charge is 0.243 e. The number of hydrogen-bond acceptors (Lipinski definition) is 8. The van der Waals surface area contributed by atoms with E-state index in [4.69, 9.17) is 22.9 Å². The van der Waals surface area contributed by atoms with Gasteiger partial charge in [-0.05, 0) is 6.08 Å². The van der Waals surface area contributed by atoms with Gasteiger partial charge in [0.15, 0.2) is 0 Å². The lowest BCUT2D eigenvalue weighted by Crippen LogP contribution is -2.27. The highest BCUT2D eigenvalue weighted by molar-refractivity contribution is 5.86. The summed E-state index contributed by atoms with van der Waals surface area (Å²) in [7, 11) is 0. The summed E-state index contributed by atoms with van der Waals surface area (Å²) in [5, 5.41) is 2.50. The largest absolute Gasteiger partial charge is 0.368 e. The van der Waals surface area contributed by atoms with Gasteiger partial charge in [0.2, 0.25) is 23.8 Å². The Balaban J connectivity index is 0.000000304. The van der Waals surface area contributed by atoms with Crippen LogP contribution in [-0.2, 0) is 4.79 Å². The standard InChI is InChI=1S/C5H10N2O.C3H6N6/c1-2-5(8)7-4-3-6;4-1-7-2(5)9-3(6)8-1/h2H,1,3-4,6H2,(H,7,8);(H6,4,5,6,7,8,9). The first-order valence-corrected chi connectivity index (χ1v) is 4.62. The van der Waals surface area contributed by atoms with Crippen LogP contribution in [0.15, 0.2) is 12.7 Å². The lowest BCUT2D eigenvalue weighted by molar-refractivity contribution is -0.116. The number of hydrogen-bond donors (Lipinski definition) is 5. The van der Waals surface area contributed by atoms with Gasteiger partial charge in [0, 0.05) is 13.1 Å². The van der Waals surface area contributed by atoms with Crippen molar-refractivity contribution in [1.29, 1.82) is 0 Å². The molecule has 9 nitrogen and oxygen atoms in total. The van der Waals surface area contributed by atoms with Gasteiger partial charge in [0.25, 0.3) is 0 Å². The summed E-state index contributed by atoms with van der Waals surface area (Å²) < 4.78 is 0. The van der Waals surface area contributed by atoms with Gasteiger partial charge in [-0.25, -0.2) is 0 Å². The van der Waals surface area contributed by atoms with Crippen molar-refractivity contribution in [3.63, 3.8) is 0 Å². The zero-order valence-corrected chi connectivity index (χ0v) is 9.26. The van der Waals surface area contributed by atoms with Crippen molar-refractivity contribution in [2.24, 2.45) is 5.73 Å². The SMILES string of the molecule is C=CC(=O)NCCN.Nc1nc(N)nc(N)n1. The van der Waals surface area contributed by atoms with Crippen molar-refractivity contribution in [3.8, 4) is 0 Å². The Bertz CT molecular complexity index is 329. The minimum Gasteiger partial charge on any atom is -0.368 e. The minimum atomic E-state index is -0.171. The first-order valence-electron chi connectivity index (χ1n) is 4.62. The van der Waals surface area contributed by atoms with E-state index in [9.17, 15) is 4.79 Å². The molecule has 0 bridgehead atoms. The van der Waals surface area contributed by atoms with Crippen molar-refractivity contribution in [3.05, 3.63) is 12.7 Å². The van der Waals surface area contributed by atoms with E-state index in [-0.39, 0.29) is 23.8 Å². The molecule has 1 aromatic rings. The zero-order valence-electron chi connectivity index (χ0n) is 9.26. The van der Waals surface area contributed by atoms with Gasteiger partial charge >= 0.3 is 0 Å². The van der Waals surface area contributed by atoms with E-state index >= 15 is 0 Å². The molecule has 0 aliphatic rings. The summed E-state index contributed by atoms with van der Waals surface area (Å²) in [5.74, 6) is -0.0459. The quantitative estimate of drug-likeness (QED) is 0.372. The maximum Gasteiger partial charge on any atom is 0.243 e. The fraction of sp³-hybridized carbons (Fsp3) is 0.250. The fourth-order valence-electron chi connectivity index (χ4n) is 0.695. The Morgan fingerprint density at radius 1 is 1.18 bits per heavy atom. The van der Waals surface area contributed by atoms with E-state index in [1.807, 2.05) is 0 Å². The Hall–Kier alpha value is -2.42. The van der Waals surface area contributed by atoms with E-state index in [0.717, 1.165) is 0 Å². The summed E-state index contributed by atoms with van der Waals surface area (Å²) in [6.07, 6.45) is 1.22. The number of carbonyl (C=O) groups is 1. The van der Waals surface area contributed by atoms with Gasteiger partial charge in [0.05, 0.1) is 0 Å². The van der Waals surface area contributed by atoms with Gasteiger partial charge in [-0.3, -0.25) is 4.79 Å². The van der Waals surface area contributed by atoms with Crippen LogP contribution < -0.4 is 28.3 Å². The molecule has 0 aliphatic heterocycles. The summed E-state index contributed by atoms with van der Waals surface area (Å²) in [5.41, 5.74) is 20.5. The molecule has 1 amide bonds. The molecule has 0 aliphatic carbocycles. The van der Waals surface area contributed by atoms with Crippen LogP contribution in [0.2, 0.25) is 0 Å². The van der Waals surface area contributed by atoms with E-state index in [2.05, 4.69) is 26.8 Å². The summed E-state index contributed by atoms with van der Waals surface area (Å²) in [6.45, 7) is 4.25. The molecule has 1 rings (SSSR count). The van der Waals surface area contributed by atoms with Crippen LogP contribution in [0.1, 0.15) is 0 Å². The van der Waals surface area contributed by atoms with E-state index in [1.54, 1.807) is 0 Å². The topological polar surface area (TPSA) is 172 Å². The number of aromatic nitrogens is 3. The molecular weight excluding hydrogens is 224 g/mol. The van der Waals surface area contributed by atoms with Crippen molar-refractivity contribution in [2.45, 2.75) is 0 Å². The second-order valence-corrected chi connectivity index (χ2v) is 2.69. The number of amides is 1. The summed E-state index contributed by atoms with van der Waals surface area (Å²) >= 11 is 0. The first kappa shape index (κ1) is 14.6. The van der Waals surface area contributed by atoms with E-state index < -0.39 is 0 Å². The Morgan fingerprint density at radius 3 is 1.88 bits per heavy atom. The van der Waals surface area contributed by atoms with Crippen molar-refractivity contribution in [2.75, 3.05) is 30.3 Å². The third kappa shape index (κ3) is 7.50. The maximum absolute atomic E-state index is 10.3. The fourth-order valence-corrected chi connectivity index (χ4v) is 0.695. The second-order valence-electron chi connectivity index (χ2n) is 2.69. The third-order valence-corrected chi connectivity index (χ3v) is 1.32. The molecule has 9 heteroatoms. The van der Waals surface area contributed by atoms with Gasteiger partial charge in [-0.15, -0.1) is 0 Å². The van der Waals surface area contributed by atoms with E-state index in [0.29, 0.717) is 13.1 Å². The average Bonchev–Trinajstić information content (AvgIpc) is 2.24. The molecule has 1 aromatic heterocycles. The normalized spacial score (nSPS) is 8.76. The third-order valence-electron chi connectivity index (χ3n) is 1.32. The van der Waals surface area contributed by atoms with Gasteiger partial charge in [0.1, 0.15) is 0 Å². The Kier molecular flexibility index (Phi) is 6.71. The van der Waals surface area contributed by atoms with Gasteiger partial charge in [-0.1, -0.05) is 6.58 Å². The molecule has 0 saturated carbocycles. The molecule has 0 radical (unpaired) electrons. The van der Waals surface area contributed by atoms with Crippen LogP contribution in [0.5, 0.6) is 0 Å². The zero-order chi connectivity index (χ0) is 13.3. The van der Waals surface area contributed by atoms with Crippen LogP contribution in [0.25, 0.3) is 0 Å². The summed E-state index contributed by atoms with van der Waals surface area (Å²) in [6, 6.07) is 0. The average molecular weight is 240 g/mol. The highest BCUT2D eigenvalue weighted by Gasteiger charge is 1.93. The Labute approximate surface area is 98.3 Å². The van der Waals surface area contributed by atoms with Crippen LogP contribution in [0.4, 0.5) is 17.8 Å². The van der Waals surface area contributed by atoms with Crippen molar-refractivity contribution in [1.82, 2.24) is 20.3 Å². The van der Waals surface area contributed by atoms with Gasteiger partial charge in [-0.2, -0.15) is 15.0 Å². The van der Waals surface area contributed by atoms with Crippen LogP contribution in [0, 0.1) is 0 Å². The van der Waals surface area contributed by atoms with Crippen molar-refractivity contribution < 1.29 is 4.79 Å². The molecule has 0 spiro atoms. The number of nitrogens with one attached hydrogen (secondary N) is 1. The lowest BCUT2D eigenvalue weighted by atomic mass is 10.5. The molecule has 9 N–H and O–H groups in total. The molecule has 0 fully saturated rings. The van der Waals surface area contributed by atoms with Crippen LogP contribution in [0.3, 0.4) is 0 Å². The van der Waals surface area contributed by atoms with Crippen LogP contribution >= 0.6 is 0 Å². The number of nitrogen functional groups attached to an aromatic ring is 3. The number of nitrogens with two attached hydrogens (primary N) is 4. The van der Waals surface area contributed by atoms with Crippen LogP contribution in [-0.4, -0.2) is 33.9 Å². The maximum atomic E-state index is 10.3. The molecule has 17 heavy (non-hydrogen) atoms. The molecule has 0 aromatic carbocycles. The Morgan fingerprint density at radius 2 is 1.59 bits per heavy atom.